The summed E-state index contributed by atoms with van der Waals surface area (Å²) in [6.07, 6.45) is 0. The lowest BCUT2D eigenvalue weighted by molar-refractivity contribution is 0.353. The van der Waals surface area contributed by atoms with Crippen LogP contribution < -0.4 is 5.32 Å². The molecule has 0 aliphatic carbocycles. The molecule has 1 heterocycles. The first-order valence-electron chi connectivity index (χ1n) is 7.18. The number of hydrogen-bond donors (Lipinski definition) is 1. The Labute approximate surface area is 137 Å². The van der Waals surface area contributed by atoms with Crippen molar-refractivity contribution in [2.45, 2.75) is 25.1 Å². The lowest BCUT2D eigenvalue weighted by Crippen LogP contribution is -2.57. The van der Waals surface area contributed by atoms with Crippen molar-refractivity contribution in [3.8, 4) is 0 Å². The van der Waals surface area contributed by atoms with Crippen molar-refractivity contribution in [3.05, 3.63) is 34.9 Å². The molecule has 0 saturated carbocycles. The summed E-state index contributed by atoms with van der Waals surface area (Å²) in [5, 5.41) is 3.96. The van der Waals surface area contributed by atoms with E-state index in [0.29, 0.717) is 30.6 Å². The Kier molecular flexibility index (Phi) is 5.02. The molecule has 1 saturated heterocycles. The van der Waals surface area contributed by atoms with Gasteiger partial charge in [-0.2, -0.15) is 0 Å². The Morgan fingerprint density at radius 3 is 2.68 bits per heavy atom. The molecule has 0 amide bonds. The molecule has 0 aromatic heterocycles. The zero-order valence-electron chi connectivity index (χ0n) is 13.1. The fourth-order valence-corrected chi connectivity index (χ4v) is 4.04. The molecule has 122 valence electrons. The maximum atomic E-state index is 12.1. The minimum absolute atomic E-state index is 0.146. The highest BCUT2D eigenvalue weighted by molar-refractivity contribution is 7.92. The van der Waals surface area contributed by atoms with Crippen LogP contribution >= 0.6 is 11.6 Å². The molecule has 1 aromatic carbocycles. The van der Waals surface area contributed by atoms with Crippen molar-refractivity contribution in [1.29, 1.82) is 0 Å². The van der Waals surface area contributed by atoms with Crippen LogP contribution in [0.15, 0.2) is 29.3 Å². The van der Waals surface area contributed by atoms with Gasteiger partial charge < -0.3 is 10.2 Å². The van der Waals surface area contributed by atoms with E-state index >= 15 is 0 Å². The van der Waals surface area contributed by atoms with Crippen molar-refractivity contribution in [3.63, 3.8) is 0 Å². The van der Waals surface area contributed by atoms with Crippen molar-refractivity contribution >= 4 is 27.4 Å². The lowest BCUT2D eigenvalue weighted by Gasteiger charge is -2.39. The van der Waals surface area contributed by atoms with Gasteiger partial charge in [-0.05, 0) is 25.5 Å². The molecular weight excluding hydrogens is 322 g/mol. The molecule has 7 heteroatoms. The first kappa shape index (κ1) is 17.1. The van der Waals surface area contributed by atoms with Crippen LogP contribution in [0.4, 0.5) is 0 Å². The van der Waals surface area contributed by atoms with Gasteiger partial charge in [-0.15, -0.1) is 0 Å². The maximum absolute atomic E-state index is 12.1. The number of halogens is 1. The average Bonchev–Trinajstić information content (AvgIpc) is 2.45. The lowest BCUT2D eigenvalue weighted by atomic mass is 10.2. The van der Waals surface area contributed by atoms with Gasteiger partial charge in [0, 0.05) is 31.7 Å². The van der Waals surface area contributed by atoms with Gasteiger partial charge in [-0.25, -0.2) is 8.42 Å². The molecule has 0 atom stereocenters. The molecule has 1 aromatic rings. The molecule has 0 radical (unpaired) electrons. The molecule has 0 spiro atoms. The molecule has 0 unspecified atom stereocenters. The molecular formula is C15H22ClN3O2S. The van der Waals surface area contributed by atoms with Crippen LogP contribution in [0.25, 0.3) is 0 Å². The van der Waals surface area contributed by atoms with Crippen molar-refractivity contribution in [2.75, 3.05) is 25.9 Å². The SMILES string of the molecule is CN=C(NCc1ccccc1Cl)N1CCS(=O)(=O)C(C)(C)C1. The monoisotopic (exact) mass is 343 g/mol. The van der Waals surface area contributed by atoms with Gasteiger partial charge in [0.1, 0.15) is 0 Å². The second-order valence-corrected chi connectivity index (χ2v) is 9.14. The number of guanidine groups is 1. The van der Waals surface area contributed by atoms with E-state index < -0.39 is 14.6 Å². The quantitative estimate of drug-likeness (QED) is 0.658. The van der Waals surface area contributed by atoms with E-state index in [9.17, 15) is 8.42 Å². The van der Waals surface area contributed by atoms with Crippen molar-refractivity contribution < 1.29 is 8.42 Å². The van der Waals surface area contributed by atoms with Crippen LogP contribution in [0, 0.1) is 0 Å². The summed E-state index contributed by atoms with van der Waals surface area (Å²) in [5.41, 5.74) is 0.981. The Bertz CT molecular complexity index is 671. The number of aliphatic imine (C=N–C) groups is 1. The number of hydrogen-bond acceptors (Lipinski definition) is 3. The highest BCUT2D eigenvalue weighted by Crippen LogP contribution is 2.23. The van der Waals surface area contributed by atoms with E-state index in [4.69, 9.17) is 11.6 Å². The summed E-state index contributed by atoms with van der Waals surface area (Å²) in [6, 6.07) is 7.62. The molecule has 0 bridgehead atoms. The maximum Gasteiger partial charge on any atom is 0.193 e. The largest absolute Gasteiger partial charge is 0.352 e. The van der Waals surface area contributed by atoms with Gasteiger partial charge >= 0.3 is 0 Å². The smallest absolute Gasteiger partial charge is 0.193 e. The van der Waals surface area contributed by atoms with E-state index in [1.807, 2.05) is 29.2 Å². The summed E-state index contributed by atoms with van der Waals surface area (Å²) in [4.78, 5) is 6.25. The highest BCUT2D eigenvalue weighted by Gasteiger charge is 2.40. The number of sulfone groups is 1. The third kappa shape index (κ3) is 3.55. The van der Waals surface area contributed by atoms with Crippen LogP contribution in [0.5, 0.6) is 0 Å². The van der Waals surface area contributed by atoms with Gasteiger partial charge in [-0.1, -0.05) is 29.8 Å². The summed E-state index contributed by atoms with van der Waals surface area (Å²) in [5.74, 6) is 0.843. The van der Waals surface area contributed by atoms with Gasteiger partial charge in [0.25, 0.3) is 0 Å². The molecule has 1 aliphatic heterocycles. The Morgan fingerprint density at radius 2 is 2.09 bits per heavy atom. The van der Waals surface area contributed by atoms with Crippen molar-refractivity contribution in [2.24, 2.45) is 4.99 Å². The van der Waals surface area contributed by atoms with Gasteiger partial charge in [0.15, 0.2) is 15.8 Å². The normalized spacial score (nSPS) is 20.7. The van der Waals surface area contributed by atoms with Gasteiger partial charge in [-0.3, -0.25) is 4.99 Å². The van der Waals surface area contributed by atoms with Crippen molar-refractivity contribution in [1.82, 2.24) is 10.2 Å². The molecule has 2 rings (SSSR count). The number of nitrogens with zero attached hydrogens (tertiary/aromatic N) is 2. The molecule has 1 aliphatic rings. The Balaban J connectivity index is 2.06. The predicted molar refractivity (Wildman–Crippen MR) is 91.1 cm³/mol. The summed E-state index contributed by atoms with van der Waals surface area (Å²) < 4.78 is 23.4. The third-order valence-corrected chi connectivity index (χ3v) is 6.85. The average molecular weight is 344 g/mol. The minimum atomic E-state index is -3.06. The van der Waals surface area contributed by atoms with E-state index in [0.717, 1.165) is 5.56 Å². The van der Waals surface area contributed by atoms with Crippen LogP contribution in [0.3, 0.4) is 0 Å². The second-order valence-electron chi connectivity index (χ2n) is 5.99. The first-order valence-corrected chi connectivity index (χ1v) is 9.21. The van der Waals surface area contributed by atoms with E-state index in [2.05, 4.69) is 10.3 Å². The summed E-state index contributed by atoms with van der Waals surface area (Å²) in [7, 11) is -1.36. The Hall–Kier alpha value is -1.27. The third-order valence-electron chi connectivity index (χ3n) is 3.95. The second kappa shape index (κ2) is 6.46. The predicted octanol–water partition coefficient (Wildman–Crippen LogP) is 1.92. The van der Waals surface area contributed by atoms with E-state index in [-0.39, 0.29) is 5.75 Å². The first-order chi connectivity index (χ1) is 10.3. The highest BCUT2D eigenvalue weighted by atomic mass is 35.5. The summed E-state index contributed by atoms with van der Waals surface area (Å²) >= 11 is 6.15. The molecule has 1 fully saturated rings. The van der Waals surface area contributed by atoms with E-state index in [1.54, 1.807) is 20.9 Å². The minimum Gasteiger partial charge on any atom is -0.352 e. The fraction of sp³-hybridized carbons (Fsp3) is 0.533. The zero-order chi connectivity index (χ0) is 16.4. The van der Waals surface area contributed by atoms with Crippen LogP contribution in [0.2, 0.25) is 5.02 Å². The fourth-order valence-electron chi connectivity index (χ4n) is 2.47. The van der Waals surface area contributed by atoms with Gasteiger partial charge in [0.05, 0.1) is 10.5 Å². The topological polar surface area (TPSA) is 61.8 Å². The number of rotatable bonds is 2. The van der Waals surface area contributed by atoms with Gasteiger partial charge in [0.2, 0.25) is 0 Å². The Morgan fingerprint density at radius 1 is 1.41 bits per heavy atom. The summed E-state index contributed by atoms with van der Waals surface area (Å²) in [6.45, 7) is 4.95. The molecule has 22 heavy (non-hydrogen) atoms. The number of nitrogens with one attached hydrogen (secondary N) is 1. The van der Waals surface area contributed by atoms with Crippen LogP contribution in [0.1, 0.15) is 19.4 Å². The van der Waals surface area contributed by atoms with Crippen LogP contribution in [-0.2, 0) is 16.4 Å². The van der Waals surface area contributed by atoms with Crippen LogP contribution in [-0.4, -0.2) is 49.9 Å². The number of benzene rings is 1. The molecule has 1 N–H and O–H groups in total. The molecule has 5 nitrogen and oxygen atoms in total. The standard InChI is InChI=1S/C15H22ClN3O2S/c1-15(2)11-19(8-9-22(15,20)21)14(17-3)18-10-12-6-4-5-7-13(12)16/h4-7H,8-11H2,1-3H3,(H,17,18). The zero-order valence-corrected chi connectivity index (χ0v) is 14.7. The van der Waals surface area contributed by atoms with E-state index in [1.165, 1.54) is 0 Å².